The van der Waals surface area contributed by atoms with Gasteiger partial charge in [0.15, 0.2) is 0 Å². The zero-order chi connectivity index (χ0) is 17.2. The zero-order valence-electron chi connectivity index (χ0n) is 14.8. The molecule has 0 aromatic heterocycles. The highest BCUT2D eigenvalue weighted by Crippen LogP contribution is 2.35. The number of hydrogen-bond acceptors (Lipinski definition) is 2. The molecule has 24 heavy (non-hydrogen) atoms. The third-order valence-electron chi connectivity index (χ3n) is 5.72. The van der Waals surface area contributed by atoms with Crippen LogP contribution in [0, 0.1) is 5.92 Å². The van der Waals surface area contributed by atoms with Crippen molar-refractivity contribution >= 4 is 11.8 Å². The Morgan fingerprint density at radius 3 is 2.46 bits per heavy atom. The summed E-state index contributed by atoms with van der Waals surface area (Å²) in [5.74, 6) is 0.302. The third kappa shape index (κ3) is 3.06. The Kier molecular flexibility index (Phi) is 4.93. The Hall–Kier alpha value is -1.84. The van der Waals surface area contributed by atoms with Crippen molar-refractivity contribution in [1.82, 2.24) is 10.2 Å². The molecule has 1 aliphatic carbocycles. The van der Waals surface area contributed by atoms with E-state index in [-0.39, 0.29) is 23.8 Å². The van der Waals surface area contributed by atoms with Crippen LogP contribution in [0.4, 0.5) is 0 Å². The maximum absolute atomic E-state index is 13.4. The molecule has 3 rings (SSSR count). The molecule has 2 unspecified atom stereocenters. The normalized spacial score (nSPS) is 24.8. The highest BCUT2D eigenvalue weighted by atomic mass is 16.2. The molecule has 4 heteroatoms. The summed E-state index contributed by atoms with van der Waals surface area (Å²) in [5.41, 5.74) is 0.425. The molecule has 4 nitrogen and oxygen atoms in total. The van der Waals surface area contributed by atoms with E-state index in [1.807, 2.05) is 35.2 Å². The summed E-state index contributed by atoms with van der Waals surface area (Å²) in [6.07, 6.45) is 5.60. The SMILES string of the molecule is CCC(C)C1C(=O)NC2(CCCCC2)C(=O)N1Cc1ccccc1. The third-order valence-corrected chi connectivity index (χ3v) is 5.72. The quantitative estimate of drug-likeness (QED) is 0.922. The number of amides is 2. The molecule has 1 heterocycles. The first kappa shape index (κ1) is 17.0. The predicted octanol–water partition coefficient (Wildman–Crippen LogP) is 3.26. The molecular weight excluding hydrogens is 300 g/mol. The second-order valence-corrected chi connectivity index (χ2v) is 7.38. The van der Waals surface area contributed by atoms with Crippen LogP contribution in [-0.2, 0) is 16.1 Å². The van der Waals surface area contributed by atoms with E-state index in [2.05, 4.69) is 19.2 Å². The minimum Gasteiger partial charge on any atom is -0.340 e. The summed E-state index contributed by atoms with van der Waals surface area (Å²) < 4.78 is 0. The minimum absolute atomic E-state index is 0.0294. The van der Waals surface area contributed by atoms with Crippen molar-refractivity contribution in [2.75, 3.05) is 0 Å². The van der Waals surface area contributed by atoms with Crippen LogP contribution in [0.2, 0.25) is 0 Å². The summed E-state index contributed by atoms with van der Waals surface area (Å²) in [6, 6.07) is 9.64. The minimum atomic E-state index is -0.659. The molecule has 1 N–H and O–H groups in total. The van der Waals surface area contributed by atoms with Crippen LogP contribution in [0.3, 0.4) is 0 Å². The van der Waals surface area contributed by atoms with E-state index in [0.717, 1.165) is 44.1 Å². The van der Waals surface area contributed by atoms with Gasteiger partial charge in [0.2, 0.25) is 11.8 Å². The van der Waals surface area contributed by atoms with Crippen LogP contribution >= 0.6 is 0 Å². The largest absolute Gasteiger partial charge is 0.340 e. The zero-order valence-corrected chi connectivity index (χ0v) is 14.8. The summed E-state index contributed by atoms with van der Waals surface area (Å²) in [5, 5.41) is 3.13. The Morgan fingerprint density at radius 1 is 1.17 bits per heavy atom. The molecule has 1 aromatic carbocycles. The van der Waals surface area contributed by atoms with Crippen molar-refractivity contribution in [1.29, 1.82) is 0 Å². The maximum Gasteiger partial charge on any atom is 0.249 e. The first-order valence-electron chi connectivity index (χ1n) is 9.24. The van der Waals surface area contributed by atoms with Gasteiger partial charge in [-0.25, -0.2) is 0 Å². The van der Waals surface area contributed by atoms with E-state index in [0.29, 0.717) is 6.54 Å². The van der Waals surface area contributed by atoms with Crippen LogP contribution in [0.5, 0.6) is 0 Å². The van der Waals surface area contributed by atoms with Gasteiger partial charge in [-0.05, 0) is 24.3 Å². The molecule has 130 valence electrons. The average molecular weight is 328 g/mol. The summed E-state index contributed by atoms with van der Waals surface area (Å²) >= 11 is 0. The molecule has 0 bridgehead atoms. The van der Waals surface area contributed by atoms with Gasteiger partial charge in [-0.2, -0.15) is 0 Å². The Balaban J connectivity index is 1.93. The van der Waals surface area contributed by atoms with E-state index in [9.17, 15) is 9.59 Å². The van der Waals surface area contributed by atoms with Crippen molar-refractivity contribution in [3.8, 4) is 0 Å². The Labute approximate surface area is 144 Å². The maximum atomic E-state index is 13.4. The van der Waals surface area contributed by atoms with Crippen LogP contribution in [0.15, 0.2) is 30.3 Å². The van der Waals surface area contributed by atoms with Crippen molar-refractivity contribution in [2.24, 2.45) is 5.92 Å². The predicted molar refractivity (Wildman–Crippen MR) is 94.2 cm³/mol. The van der Waals surface area contributed by atoms with Gasteiger partial charge in [-0.3, -0.25) is 9.59 Å². The van der Waals surface area contributed by atoms with E-state index in [4.69, 9.17) is 0 Å². The van der Waals surface area contributed by atoms with Crippen molar-refractivity contribution in [3.05, 3.63) is 35.9 Å². The van der Waals surface area contributed by atoms with Crippen molar-refractivity contribution in [3.63, 3.8) is 0 Å². The van der Waals surface area contributed by atoms with Crippen LogP contribution < -0.4 is 5.32 Å². The summed E-state index contributed by atoms with van der Waals surface area (Å²) in [4.78, 5) is 28.2. The van der Waals surface area contributed by atoms with Crippen LogP contribution in [-0.4, -0.2) is 28.3 Å². The van der Waals surface area contributed by atoms with Gasteiger partial charge in [0.05, 0.1) is 0 Å². The van der Waals surface area contributed by atoms with E-state index < -0.39 is 5.54 Å². The number of benzene rings is 1. The second kappa shape index (κ2) is 6.96. The molecule has 2 aliphatic rings. The molecule has 2 fully saturated rings. The fraction of sp³-hybridized carbons (Fsp3) is 0.600. The number of rotatable bonds is 4. The van der Waals surface area contributed by atoms with Crippen molar-refractivity contribution in [2.45, 2.75) is 70.5 Å². The molecule has 1 spiro atoms. The number of carbonyl (C=O) groups is 2. The van der Waals surface area contributed by atoms with Gasteiger partial charge >= 0.3 is 0 Å². The fourth-order valence-electron chi connectivity index (χ4n) is 4.14. The van der Waals surface area contributed by atoms with Crippen molar-refractivity contribution < 1.29 is 9.59 Å². The monoisotopic (exact) mass is 328 g/mol. The molecule has 1 saturated heterocycles. The average Bonchev–Trinajstić information content (AvgIpc) is 2.61. The lowest BCUT2D eigenvalue weighted by Gasteiger charge is -2.49. The lowest BCUT2D eigenvalue weighted by molar-refractivity contribution is -0.159. The summed E-state index contributed by atoms with van der Waals surface area (Å²) in [6.45, 7) is 4.66. The topological polar surface area (TPSA) is 49.4 Å². The van der Waals surface area contributed by atoms with Crippen LogP contribution in [0.25, 0.3) is 0 Å². The first-order chi connectivity index (χ1) is 11.6. The molecule has 2 atom stereocenters. The molecule has 1 aromatic rings. The number of nitrogens with one attached hydrogen (secondary N) is 1. The van der Waals surface area contributed by atoms with Crippen LogP contribution in [0.1, 0.15) is 57.9 Å². The second-order valence-electron chi connectivity index (χ2n) is 7.38. The first-order valence-corrected chi connectivity index (χ1v) is 9.24. The smallest absolute Gasteiger partial charge is 0.249 e. The summed E-state index contributed by atoms with van der Waals surface area (Å²) in [7, 11) is 0. The number of hydrogen-bond donors (Lipinski definition) is 1. The van der Waals surface area contributed by atoms with Gasteiger partial charge in [0.1, 0.15) is 11.6 Å². The fourth-order valence-corrected chi connectivity index (χ4v) is 4.14. The lowest BCUT2D eigenvalue weighted by Crippen LogP contribution is -2.71. The van der Waals surface area contributed by atoms with Gasteiger partial charge < -0.3 is 10.2 Å². The highest BCUT2D eigenvalue weighted by molar-refractivity contribution is 6.00. The molecule has 2 amide bonds. The van der Waals surface area contributed by atoms with E-state index in [1.54, 1.807) is 0 Å². The lowest BCUT2D eigenvalue weighted by atomic mass is 9.77. The standard InChI is InChI=1S/C20H28N2O2/c1-3-15(2)17-18(23)21-20(12-8-5-9-13-20)19(24)22(17)14-16-10-6-4-7-11-16/h4,6-7,10-11,15,17H,3,5,8-9,12-14H2,1-2H3,(H,21,23). The molecule has 0 radical (unpaired) electrons. The molecule has 1 aliphatic heterocycles. The Morgan fingerprint density at radius 2 is 1.83 bits per heavy atom. The van der Waals surface area contributed by atoms with Gasteiger partial charge in [0, 0.05) is 6.54 Å². The van der Waals surface area contributed by atoms with E-state index in [1.165, 1.54) is 0 Å². The number of nitrogens with zero attached hydrogens (tertiary/aromatic N) is 1. The number of piperazine rings is 1. The number of carbonyl (C=O) groups excluding carboxylic acids is 2. The molecule has 1 saturated carbocycles. The van der Waals surface area contributed by atoms with Gasteiger partial charge in [0.25, 0.3) is 0 Å². The van der Waals surface area contributed by atoms with E-state index >= 15 is 0 Å². The molecular formula is C20H28N2O2. The Bertz CT molecular complexity index is 593. The van der Waals surface area contributed by atoms with Gasteiger partial charge in [-0.15, -0.1) is 0 Å². The highest BCUT2D eigenvalue weighted by Gasteiger charge is 2.51. The van der Waals surface area contributed by atoms with Gasteiger partial charge in [-0.1, -0.05) is 69.9 Å².